The third-order valence-electron chi connectivity index (χ3n) is 5.56. The minimum atomic E-state index is -0.293. The number of fused-ring (bicyclic) bond motifs is 1. The third-order valence-corrected chi connectivity index (χ3v) is 6.64. The van der Waals surface area contributed by atoms with E-state index in [1.54, 1.807) is 4.57 Å². The number of hydrogen-bond acceptors (Lipinski definition) is 4. The number of para-hydroxylation sites is 1. The molecule has 1 amide bonds. The molecule has 0 spiro atoms. The summed E-state index contributed by atoms with van der Waals surface area (Å²) in [6.45, 7) is 4.01. The molecular formula is C24H27N3O2S. The lowest BCUT2D eigenvalue weighted by atomic mass is 10.2. The van der Waals surface area contributed by atoms with Crippen molar-refractivity contribution in [2.75, 3.05) is 13.1 Å². The molecule has 3 aromatic rings. The molecule has 156 valence electrons. The Hall–Kier alpha value is -2.60. The molecule has 2 heterocycles. The minimum absolute atomic E-state index is 0.0682. The van der Waals surface area contributed by atoms with Crippen molar-refractivity contribution in [3.8, 4) is 0 Å². The molecule has 1 atom stereocenters. The normalized spacial score (nSPS) is 15.7. The summed E-state index contributed by atoms with van der Waals surface area (Å²) in [5.74, 6) is 0.135. The van der Waals surface area contributed by atoms with Crippen molar-refractivity contribution in [2.24, 2.45) is 0 Å². The third kappa shape index (κ3) is 4.59. The highest BCUT2D eigenvalue weighted by molar-refractivity contribution is 8.00. The van der Waals surface area contributed by atoms with E-state index in [2.05, 4.69) is 0 Å². The van der Waals surface area contributed by atoms with Gasteiger partial charge in [0, 0.05) is 13.1 Å². The van der Waals surface area contributed by atoms with Gasteiger partial charge in [-0.1, -0.05) is 67.1 Å². The Morgan fingerprint density at radius 3 is 2.40 bits per heavy atom. The van der Waals surface area contributed by atoms with Gasteiger partial charge >= 0.3 is 0 Å². The van der Waals surface area contributed by atoms with Crippen LogP contribution in [0.25, 0.3) is 10.9 Å². The zero-order valence-corrected chi connectivity index (χ0v) is 18.1. The van der Waals surface area contributed by atoms with Crippen molar-refractivity contribution in [2.45, 2.75) is 49.6 Å². The van der Waals surface area contributed by atoms with E-state index in [1.165, 1.54) is 24.6 Å². The second-order valence-electron chi connectivity index (χ2n) is 7.79. The highest BCUT2D eigenvalue weighted by Gasteiger charge is 2.24. The van der Waals surface area contributed by atoms with Crippen LogP contribution in [0.3, 0.4) is 0 Å². The second-order valence-corrected chi connectivity index (χ2v) is 9.10. The smallest absolute Gasteiger partial charge is 0.262 e. The molecular weight excluding hydrogens is 394 g/mol. The van der Waals surface area contributed by atoms with Crippen LogP contribution in [0.15, 0.2) is 64.5 Å². The summed E-state index contributed by atoms with van der Waals surface area (Å²) in [7, 11) is 0. The van der Waals surface area contributed by atoms with Crippen molar-refractivity contribution in [1.29, 1.82) is 0 Å². The molecule has 1 aliphatic heterocycles. The second kappa shape index (κ2) is 9.47. The predicted octanol–water partition coefficient (Wildman–Crippen LogP) is 4.33. The van der Waals surface area contributed by atoms with E-state index in [-0.39, 0.29) is 16.7 Å². The standard InChI is InChI=1S/C24H27N3O2S/c1-18(22(28)26-15-9-2-3-10-16-26)30-24-25-21-14-8-7-13-20(21)23(29)27(24)17-19-11-5-4-6-12-19/h4-8,11-14,18H,2-3,9-10,15-17H2,1H3/t18-/m0/s1. The molecule has 1 saturated heterocycles. The lowest BCUT2D eigenvalue weighted by molar-refractivity contribution is -0.130. The van der Waals surface area contributed by atoms with Crippen molar-refractivity contribution in [3.63, 3.8) is 0 Å². The molecule has 1 aromatic heterocycles. The summed E-state index contributed by atoms with van der Waals surface area (Å²) in [4.78, 5) is 33.1. The number of benzene rings is 2. The van der Waals surface area contributed by atoms with Crippen molar-refractivity contribution in [1.82, 2.24) is 14.5 Å². The first-order valence-corrected chi connectivity index (χ1v) is 11.5. The van der Waals surface area contributed by atoms with Crippen LogP contribution in [-0.2, 0) is 11.3 Å². The fraction of sp³-hybridized carbons (Fsp3) is 0.375. The Balaban J connectivity index is 1.67. The van der Waals surface area contributed by atoms with E-state index in [0.717, 1.165) is 31.5 Å². The van der Waals surface area contributed by atoms with Gasteiger partial charge in [-0.3, -0.25) is 14.2 Å². The van der Waals surface area contributed by atoms with Crippen LogP contribution in [0.2, 0.25) is 0 Å². The van der Waals surface area contributed by atoms with E-state index >= 15 is 0 Å². The number of rotatable bonds is 5. The quantitative estimate of drug-likeness (QED) is 0.455. The topological polar surface area (TPSA) is 55.2 Å². The molecule has 0 aliphatic carbocycles. The Bertz CT molecular complexity index is 1070. The molecule has 0 N–H and O–H groups in total. The molecule has 0 saturated carbocycles. The van der Waals surface area contributed by atoms with E-state index in [9.17, 15) is 9.59 Å². The predicted molar refractivity (Wildman–Crippen MR) is 122 cm³/mol. The Morgan fingerprint density at radius 2 is 1.67 bits per heavy atom. The van der Waals surface area contributed by atoms with Gasteiger partial charge in [0.2, 0.25) is 5.91 Å². The van der Waals surface area contributed by atoms with Crippen LogP contribution in [0.5, 0.6) is 0 Å². The maximum atomic E-state index is 13.3. The average molecular weight is 422 g/mol. The van der Waals surface area contributed by atoms with Crippen molar-refractivity contribution in [3.05, 3.63) is 70.5 Å². The summed E-state index contributed by atoms with van der Waals surface area (Å²) >= 11 is 1.39. The first-order chi connectivity index (χ1) is 14.6. The summed E-state index contributed by atoms with van der Waals surface area (Å²) < 4.78 is 1.70. The number of carbonyl (C=O) groups excluding carboxylic acids is 1. The number of hydrogen-bond donors (Lipinski definition) is 0. The summed E-state index contributed by atoms with van der Waals surface area (Å²) in [5, 5.41) is 0.903. The van der Waals surface area contributed by atoms with Gasteiger partial charge in [-0.15, -0.1) is 0 Å². The minimum Gasteiger partial charge on any atom is -0.342 e. The largest absolute Gasteiger partial charge is 0.342 e. The van der Waals surface area contributed by atoms with E-state index in [1.807, 2.05) is 66.4 Å². The van der Waals surface area contributed by atoms with Crippen LogP contribution >= 0.6 is 11.8 Å². The first kappa shape index (κ1) is 20.7. The molecule has 1 fully saturated rings. The Kier molecular flexibility index (Phi) is 6.53. The number of likely N-dealkylation sites (tertiary alicyclic amines) is 1. The summed E-state index contributed by atoms with van der Waals surface area (Å²) in [6.07, 6.45) is 4.51. The van der Waals surface area contributed by atoms with Crippen molar-refractivity contribution >= 4 is 28.6 Å². The van der Waals surface area contributed by atoms with Crippen molar-refractivity contribution < 1.29 is 4.79 Å². The van der Waals surface area contributed by atoms with Crippen LogP contribution in [-0.4, -0.2) is 38.7 Å². The highest BCUT2D eigenvalue weighted by Crippen LogP contribution is 2.25. The Morgan fingerprint density at radius 1 is 1.00 bits per heavy atom. The van der Waals surface area contributed by atoms with Gasteiger partial charge in [-0.2, -0.15) is 0 Å². The lowest BCUT2D eigenvalue weighted by Crippen LogP contribution is -2.37. The molecule has 2 aromatic carbocycles. The van der Waals surface area contributed by atoms with Gasteiger partial charge in [-0.25, -0.2) is 4.98 Å². The van der Waals surface area contributed by atoms with E-state index in [4.69, 9.17) is 4.98 Å². The van der Waals surface area contributed by atoms with Crippen LogP contribution < -0.4 is 5.56 Å². The maximum Gasteiger partial charge on any atom is 0.262 e. The van der Waals surface area contributed by atoms with E-state index in [0.29, 0.717) is 22.6 Å². The number of carbonyl (C=O) groups is 1. The molecule has 0 unspecified atom stereocenters. The highest BCUT2D eigenvalue weighted by atomic mass is 32.2. The fourth-order valence-electron chi connectivity index (χ4n) is 3.90. The monoisotopic (exact) mass is 421 g/mol. The molecule has 5 nitrogen and oxygen atoms in total. The van der Waals surface area contributed by atoms with Crippen LogP contribution in [0.4, 0.5) is 0 Å². The molecule has 4 rings (SSSR count). The molecule has 0 bridgehead atoms. The number of thioether (sulfide) groups is 1. The molecule has 0 radical (unpaired) electrons. The van der Waals surface area contributed by atoms with Gasteiger partial charge in [0.25, 0.3) is 5.56 Å². The Labute approximate surface area is 181 Å². The van der Waals surface area contributed by atoms with E-state index < -0.39 is 0 Å². The number of aromatic nitrogens is 2. The van der Waals surface area contributed by atoms with Gasteiger partial charge in [0.15, 0.2) is 5.16 Å². The number of nitrogens with zero attached hydrogens (tertiary/aromatic N) is 3. The fourth-order valence-corrected chi connectivity index (χ4v) is 4.89. The van der Waals surface area contributed by atoms with Gasteiger partial charge in [0.05, 0.1) is 22.7 Å². The molecule has 30 heavy (non-hydrogen) atoms. The van der Waals surface area contributed by atoms with Gasteiger partial charge in [0.1, 0.15) is 0 Å². The lowest BCUT2D eigenvalue weighted by Gasteiger charge is -2.24. The molecule has 6 heteroatoms. The zero-order chi connectivity index (χ0) is 20.9. The molecule has 1 aliphatic rings. The SMILES string of the molecule is C[C@H](Sc1nc2ccccc2c(=O)n1Cc1ccccc1)C(=O)N1CCCCCC1. The first-order valence-electron chi connectivity index (χ1n) is 10.6. The number of amides is 1. The summed E-state index contributed by atoms with van der Waals surface area (Å²) in [6, 6.07) is 17.3. The maximum absolute atomic E-state index is 13.3. The average Bonchev–Trinajstić information content (AvgIpc) is 3.06. The van der Waals surface area contributed by atoms with Gasteiger partial charge < -0.3 is 4.90 Å². The van der Waals surface area contributed by atoms with Crippen LogP contribution in [0.1, 0.15) is 38.2 Å². The van der Waals surface area contributed by atoms with Gasteiger partial charge in [-0.05, 0) is 37.5 Å². The summed E-state index contributed by atoms with van der Waals surface area (Å²) in [5.41, 5.74) is 1.63. The van der Waals surface area contributed by atoms with Crippen LogP contribution in [0, 0.1) is 0 Å². The zero-order valence-electron chi connectivity index (χ0n) is 17.3.